The molecule has 1 atom stereocenters. The van der Waals surface area contributed by atoms with Gasteiger partial charge in [-0.1, -0.05) is 60.7 Å². The summed E-state index contributed by atoms with van der Waals surface area (Å²) >= 11 is 0. The molecule has 1 unspecified atom stereocenters. The molecule has 0 saturated carbocycles. The summed E-state index contributed by atoms with van der Waals surface area (Å²) in [5.41, 5.74) is 2.25. The van der Waals surface area contributed by atoms with Crippen LogP contribution in [-0.2, 0) is 4.65 Å². The van der Waals surface area contributed by atoms with Crippen molar-refractivity contribution in [3.05, 3.63) is 72.3 Å². The molecule has 3 heteroatoms. The molecule has 2 nitrogen and oxygen atoms in total. The van der Waals surface area contributed by atoms with Crippen LogP contribution in [-0.4, -0.2) is 7.12 Å². The summed E-state index contributed by atoms with van der Waals surface area (Å²) in [5, 5.41) is 0. The molecular formula is C18H17BO2. The lowest BCUT2D eigenvalue weighted by Gasteiger charge is -2.34. The topological polar surface area (TPSA) is 18.5 Å². The number of allylic oxidation sites excluding steroid dienone is 2. The smallest absolute Gasteiger partial charge is 0.532 e. The largest absolute Gasteiger partial charge is 0.563 e. The predicted molar refractivity (Wildman–Crippen MR) is 84.6 cm³/mol. The molecule has 2 aromatic rings. The molecule has 0 aromatic heterocycles. The van der Waals surface area contributed by atoms with Crippen molar-refractivity contribution in [1.82, 2.24) is 0 Å². The Bertz CT molecular complexity index is 645. The molecular weight excluding hydrogens is 259 g/mol. The van der Waals surface area contributed by atoms with Crippen molar-refractivity contribution in [2.75, 3.05) is 0 Å². The zero-order chi connectivity index (χ0) is 14.1. The van der Waals surface area contributed by atoms with Crippen molar-refractivity contribution in [3.63, 3.8) is 0 Å². The van der Waals surface area contributed by atoms with E-state index in [2.05, 4.69) is 36.4 Å². The van der Waals surface area contributed by atoms with E-state index in [0.717, 1.165) is 24.1 Å². The number of para-hydroxylation sites is 1. The minimum absolute atomic E-state index is 0.107. The molecule has 0 bridgehead atoms. The maximum absolute atomic E-state index is 6.32. The summed E-state index contributed by atoms with van der Waals surface area (Å²) in [7, 11) is -0.313. The summed E-state index contributed by atoms with van der Waals surface area (Å²) in [6, 6.07) is 18.4. The van der Waals surface area contributed by atoms with E-state index in [4.69, 9.17) is 9.31 Å². The number of benzene rings is 2. The first-order valence-electron chi connectivity index (χ1n) is 7.53. The van der Waals surface area contributed by atoms with Gasteiger partial charge in [0, 0.05) is 5.56 Å². The molecule has 21 heavy (non-hydrogen) atoms. The average molecular weight is 276 g/mol. The van der Waals surface area contributed by atoms with Gasteiger partial charge in [-0.15, -0.1) is 0 Å². The van der Waals surface area contributed by atoms with E-state index in [0.29, 0.717) is 5.92 Å². The number of fused-ring (bicyclic) bond motifs is 1. The van der Waals surface area contributed by atoms with Crippen LogP contribution in [0.3, 0.4) is 0 Å². The van der Waals surface area contributed by atoms with Crippen LogP contribution in [0, 0.1) is 5.92 Å². The highest BCUT2D eigenvalue weighted by Gasteiger charge is 2.38. The van der Waals surface area contributed by atoms with E-state index in [1.165, 1.54) is 5.56 Å². The molecule has 0 spiro atoms. The van der Waals surface area contributed by atoms with Crippen molar-refractivity contribution in [2.45, 2.75) is 18.9 Å². The van der Waals surface area contributed by atoms with Gasteiger partial charge in [0.15, 0.2) is 0 Å². The van der Waals surface area contributed by atoms with Gasteiger partial charge in [0.1, 0.15) is 5.75 Å². The van der Waals surface area contributed by atoms with E-state index < -0.39 is 0 Å². The Morgan fingerprint density at radius 1 is 0.857 bits per heavy atom. The first-order valence-corrected chi connectivity index (χ1v) is 7.53. The van der Waals surface area contributed by atoms with E-state index in [1.807, 2.05) is 30.3 Å². The van der Waals surface area contributed by atoms with E-state index in [1.54, 1.807) is 0 Å². The fourth-order valence-corrected chi connectivity index (χ4v) is 3.18. The SMILES string of the molecule is C1=CCC(C2OB(c3ccccc3)Oc3ccccc32)C1. The van der Waals surface area contributed by atoms with Crippen LogP contribution in [0.1, 0.15) is 24.5 Å². The third-order valence-electron chi connectivity index (χ3n) is 4.27. The molecule has 0 saturated heterocycles. The molecule has 2 aromatic carbocycles. The molecule has 0 fully saturated rings. The highest BCUT2D eigenvalue weighted by atomic mass is 16.6. The molecule has 0 amide bonds. The predicted octanol–water partition coefficient (Wildman–Crippen LogP) is 3.50. The van der Waals surface area contributed by atoms with E-state index in [9.17, 15) is 0 Å². The number of hydrogen-bond acceptors (Lipinski definition) is 2. The first-order chi connectivity index (χ1) is 10.4. The summed E-state index contributed by atoms with van der Waals surface area (Å²) in [6.45, 7) is 0. The highest BCUT2D eigenvalue weighted by molar-refractivity contribution is 6.62. The highest BCUT2D eigenvalue weighted by Crippen LogP contribution is 2.41. The van der Waals surface area contributed by atoms with Crippen molar-refractivity contribution >= 4 is 12.6 Å². The van der Waals surface area contributed by atoms with Gasteiger partial charge in [-0.05, 0) is 30.3 Å². The van der Waals surface area contributed by atoms with Crippen LogP contribution < -0.4 is 10.1 Å². The fourth-order valence-electron chi connectivity index (χ4n) is 3.18. The Labute approximate surface area is 125 Å². The van der Waals surface area contributed by atoms with E-state index >= 15 is 0 Å². The second kappa shape index (κ2) is 5.42. The van der Waals surface area contributed by atoms with Gasteiger partial charge < -0.3 is 9.31 Å². The molecule has 4 rings (SSSR count). The van der Waals surface area contributed by atoms with Crippen LogP contribution in [0.25, 0.3) is 0 Å². The standard InChI is InChI=1S/C18H17BO2/c1-2-10-15(11-3-1)19-20-17-13-7-6-12-16(17)18(21-19)14-8-4-5-9-14/h1-7,10-14,18H,8-9H2. The normalized spacial score (nSPS) is 21.1. The van der Waals surface area contributed by atoms with E-state index in [-0.39, 0.29) is 13.2 Å². The van der Waals surface area contributed by atoms with Gasteiger partial charge in [0.05, 0.1) is 6.10 Å². The first kappa shape index (κ1) is 12.7. The number of hydrogen-bond donors (Lipinski definition) is 0. The lowest BCUT2D eigenvalue weighted by atomic mass is 9.75. The molecule has 1 heterocycles. The zero-order valence-electron chi connectivity index (χ0n) is 11.8. The van der Waals surface area contributed by atoms with Crippen LogP contribution in [0.4, 0.5) is 0 Å². The fraction of sp³-hybridized carbons (Fsp3) is 0.222. The van der Waals surface area contributed by atoms with Crippen molar-refractivity contribution in [1.29, 1.82) is 0 Å². The van der Waals surface area contributed by atoms with Crippen molar-refractivity contribution in [3.8, 4) is 5.75 Å². The monoisotopic (exact) mass is 276 g/mol. The maximum atomic E-state index is 6.32. The van der Waals surface area contributed by atoms with Gasteiger partial charge in [0.25, 0.3) is 0 Å². The summed E-state index contributed by atoms with van der Waals surface area (Å²) in [5.74, 6) is 1.47. The second-order valence-corrected chi connectivity index (χ2v) is 5.66. The van der Waals surface area contributed by atoms with Crippen LogP contribution in [0.2, 0.25) is 0 Å². The average Bonchev–Trinajstić information content (AvgIpc) is 3.09. The third-order valence-corrected chi connectivity index (χ3v) is 4.27. The third kappa shape index (κ3) is 2.38. The summed E-state index contributed by atoms with van der Waals surface area (Å²) in [4.78, 5) is 0. The Morgan fingerprint density at radius 2 is 1.57 bits per heavy atom. The zero-order valence-corrected chi connectivity index (χ0v) is 11.8. The quantitative estimate of drug-likeness (QED) is 0.617. The van der Waals surface area contributed by atoms with Gasteiger partial charge in [0.2, 0.25) is 0 Å². The van der Waals surface area contributed by atoms with Gasteiger partial charge >= 0.3 is 7.12 Å². The lowest BCUT2D eigenvalue weighted by Crippen LogP contribution is -2.44. The Hall–Kier alpha value is -2.00. The summed E-state index contributed by atoms with van der Waals surface area (Å²) < 4.78 is 12.4. The molecule has 2 aliphatic rings. The van der Waals surface area contributed by atoms with Crippen LogP contribution >= 0.6 is 0 Å². The maximum Gasteiger partial charge on any atom is 0.563 e. The summed E-state index contributed by atoms with van der Waals surface area (Å²) in [6.07, 6.45) is 6.78. The molecule has 1 aliphatic carbocycles. The number of rotatable bonds is 2. The van der Waals surface area contributed by atoms with Gasteiger partial charge in [-0.2, -0.15) is 0 Å². The molecule has 104 valence electrons. The molecule has 0 radical (unpaired) electrons. The minimum Gasteiger partial charge on any atom is -0.532 e. The lowest BCUT2D eigenvalue weighted by molar-refractivity contribution is 0.104. The molecule has 0 N–H and O–H groups in total. The molecule has 1 aliphatic heterocycles. The Morgan fingerprint density at radius 3 is 2.38 bits per heavy atom. The van der Waals surface area contributed by atoms with Crippen molar-refractivity contribution < 1.29 is 9.31 Å². The van der Waals surface area contributed by atoms with Crippen molar-refractivity contribution in [2.24, 2.45) is 5.92 Å². The van der Waals surface area contributed by atoms with Gasteiger partial charge in [-0.25, -0.2) is 0 Å². The van der Waals surface area contributed by atoms with Crippen LogP contribution in [0.5, 0.6) is 5.75 Å². The Balaban J connectivity index is 1.69. The second-order valence-electron chi connectivity index (χ2n) is 5.66. The van der Waals surface area contributed by atoms with Gasteiger partial charge in [-0.3, -0.25) is 0 Å². The minimum atomic E-state index is -0.313. The Kier molecular flexibility index (Phi) is 3.28. The van der Waals surface area contributed by atoms with Crippen LogP contribution in [0.15, 0.2) is 66.7 Å².